The van der Waals surface area contributed by atoms with E-state index in [1.54, 1.807) is 0 Å². The Kier molecular flexibility index (Phi) is 4.93. The molecule has 0 unspecified atom stereocenters. The van der Waals surface area contributed by atoms with Gasteiger partial charge in [-0.15, -0.1) is 0 Å². The second kappa shape index (κ2) is 6.68. The minimum Gasteiger partial charge on any atom is -0.286 e. The SMILES string of the molecule is O=S(=O)(O)CCCC(c1ccccc1)c1ccccc1. The molecular weight excluding hydrogens is 272 g/mol. The predicted octanol–water partition coefficient (Wildman–Crippen LogP) is 3.49. The van der Waals surface area contributed by atoms with Gasteiger partial charge in [0, 0.05) is 5.92 Å². The second-order valence-corrected chi connectivity index (χ2v) is 6.37. The molecule has 0 aliphatic rings. The van der Waals surface area contributed by atoms with Gasteiger partial charge in [0.25, 0.3) is 10.1 Å². The lowest BCUT2D eigenvalue weighted by Crippen LogP contribution is -2.07. The van der Waals surface area contributed by atoms with Crippen LogP contribution in [0.2, 0.25) is 0 Å². The first-order chi connectivity index (χ1) is 9.56. The first-order valence-corrected chi connectivity index (χ1v) is 8.22. The maximum atomic E-state index is 10.8. The van der Waals surface area contributed by atoms with Gasteiger partial charge in [-0.25, -0.2) is 0 Å². The first kappa shape index (κ1) is 14.8. The van der Waals surface area contributed by atoms with Crippen LogP contribution in [0.1, 0.15) is 29.9 Å². The first-order valence-electron chi connectivity index (χ1n) is 6.61. The van der Waals surface area contributed by atoms with Gasteiger partial charge in [-0.05, 0) is 24.0 Å². The van der Waals surface area contributed by atoms with Crippen LogP contribution in [0.5, 0.6) is 0 Å². The van der Waals surface area contributed by atoms with E-state index in [0.29, 0.717) is 12.8 Å². The van der Waals surface area contributed by atoms with E-state index in [-0.39, 0.29) is 11.7 Å². The Morgan fingerprint density at radius 2 is 1.30 bits per heavy atom. The molecule has 4 heteroatoms. The summed E-state index contributed by atoms with van der Waals surface area (Å²) < 4.78 is 30.5. The topological polar surface area (TPSA) is 54.4 Å². The standard InChI is InChI=1S/C16H18O3S/c17-20(18,19)13-7-12-16(14-8-3-1-4-9-14)15-10-5-2-6-11-15/h1-6,8-11,16H,7,12-13H2,(H,17,18,19). The van der Waals surface area contributed by atoms with Gasteiger partial charge >= 0.3 is 0 Å². The number of rotatable bonds is 6. The van der Waals surface area contributed by atoms with Crippen LogP contribution in [-0.2, 0) is 10.1 Å². The molecule has 2 aromatic carbocycles. The van der Waals surface area contributed by atoms with Gasteiger partial charge in [0.05, 0.1) is 5.75 Å². The zero-order valence-corrected chi connectivity index (χ0v) is 12.0. The summed E-state index contributed by atoms with van der Waals surface area (Å²) in [4.78, 5) is 0. The average molecular weight is 290 g/mol. The normalized spacial score (nSPS) is 11.7. The Hall–Kier alpha value is -1.65. The fourth-order valence-electron chi connectivity index (χ4n) is 2.37. The maximum Gasteiger partial charge on any atom is 0.264 e. The number of hydrogen-bond donors (Lipinski definition) is 1. The van der Waals surface area contributed by atoms with Crippen molar-refractivity contribution in [2.24, 2.45) is 0 Å². The van der Waals surface area contributed by atoms with E-state index in [2.05, 4.69) is 0 Å². The Labute approximate surface area is 120 Å². The Morgan fingerprint density at radius 3 is 1.70 bits per heavy atom. The van der Waals surface area contributed by atoms with E-state index in [4.69, 9.17) is 4.55 Å². The lowest BCUT2D eigenvalue weighted by atomic mass is 9.88. The number of benzene rings is 2. The molecule has 0 bridgehead atoms. The van der Waals surface area contributed by atoms with E-state index < -0.39 is 10.1 Å². The molecule has 0 aliphatic heterocycles. The fraction of sp³-hybridized carbons (Fsp3) is 0.250. The second-order valence-electron chi connectivity index (χ2n) is 4.80. The summed E-state index contributed by atoms with van der Waals surface area (Å²) in [6.45, 7) is 0. The highest BCUT2D eigenvalue weighted by molar-refractivity contribution is 7.85. The molecule has 0 spiro atoms. The Bertz CT molecular complexity index is 582. The van der Waals surface area contributed by atoms with Gasteiger partial charge in [-0.2, -0.15) is 8.42 Å². The zero-order chi connectivity index (χ0) is 14.4. The Balaban J connectivity index is 2.17. The molecule has 0 radical (unpaired) electrons. The van der Waals surface area contributed by atoms with Gasteiger partial charge in [0.2, 0.25) is 0 Å². The van der Waals surface area contributed by atoms with Crippen LogP contribution in [0.25, 0.3) is 0 Å². The highest BCUT2D eigenvalue weighted by Gasteiger charge is 2.15. The highest BCUT2D eigenvalue weighted by Crippen LogP contribution is 2.29. The average Bonchev–Trinajstić information content (AvgIpc) is 2.44. The lowest BCUT2D eigenvalue weighted by Gasteiger charge is -2.17. The molecule has 0 saturated carbocycles. The summed E-state index contributed by atoms with van der Waals surface area (Å²) in [5, 5.41) is 0. The summed E-state index contributed by atoms with van der Waals surface area (Å²) in [7, 11) is -3.88. The minimum absolute atomic E-state index is 0.152. The Morgan fingerprint density at radius 1 is 0.850 bits per heavy atom. The lowest BCUT2D eigenvalue weighted by molar-refractivity contribution is 0.479. The molecule has 0 aliphatic carbocycles. The van der Waals surface area contributed by atoms with Crippen molar-refractivity contribution in [2.75, 3.05) is 5.75 Å². The quantitative estimate of drug-likeness (QED) is 0.829. The number of hydrogen-bond acceptors (Lipinski definition) is 2. The van der Waals surface area contributed by atoms with Crippen LogP contribution in [0.15, 0.2) is 60.7 Å². The third kappa shape index (κ3) is 4.47. The van der Waals surface area contributed by atoms with Crippen molar-refractivity contribution in [1.29, 1.82) is 0 Å². The van der Waals surface area contributed by atoms with Crippen molar-refractivity contribution in [2.45, 2.75) is 18.8 Å². The van der Waals surface area contributed by atoms with Gasteiger partial charge < -0.3 is 0 Å². The molecule has 0 saturated heterocycles. The molecule has 2 rings (SSSR count). The predicted molar refractivity (Wildman–Crippen MR) is 80.4 cm³/mol. The van der Waals surface area contributed by atoms with Gasteiger partial charge in [0.15, 0.2) is 0 Å². The van der Waals surface area contributed by atoms with E-state index in [1.165, 1.54) is 0 Å². The van der Waals surface area contributed by atoms with Crippen LogP contribution in [0.4, 0.5) is 0 Å². The van der Waals surface area contributed by atoms with Crippen LogP contribution in [0, 0.1) is 0 Å². The van der Waals surface area contributed by atoms with Gasteiger partial charge in [0.1, 0.15) is 0 Å². The van der Waals surface area contributed by atoms with Crippen LogP contribution in [0.3, 0.4) is 0 Å². The molecule has 0 amide bonds. The van der Waals surface area contributed by atoms with E-state index in [9.17, 15) is 8.42 Å². The molecule has 1 N–H and O–H groups in total. The molecular formula is C16H18O3S. The van der Waals surface area contributed by atoms with E-state index in [1.807, 2.05) is 60.7 Å². The molecule has 0 aromatic heterocycles. The zero-order valence-electron chi connectivity index (χ0n) is 11.1. The third-order valence-corrected chi connectivity index (χ3v) is 4.10. The summed E-state index contributed by atoms with van der Waals surface area (Å²) in [5.74, 6) is -0.0393. The monoisotopic (exact) mass is 290 g/mol. The third-order valence-electron chi connectivity index (χ3n) is 3.30. The van der Waals surface area contributed by atoms with Crippen molar-refractivity contribution in [1.82, 2.24) is 0 Å². The van der Waals surface area contributed by atoms with Crippen molar-refractivity contribution >= 4 is 10.1 Å². The fourth-order valence-corrected chi connectivity index (χ4v) is 2.90. The van der Waals surface area contributed by atoms with Crippen molar-refractivity contribution in [3.8, 4) is 0 Å². The van der Waals surface area contributed by atoms with Gasteiger partial charge in [-0.3, -0.25) is 4.55 Å². The largest absolute Gasteiger partial charge is 0.286 e. The van der Waals surface area contributed by atoms with Crippen molar-refractivity contribution < 1.29 is 13.0 Å². The van der Waals surface area contributed by atoms with Crippen LogP contribution < -0.4 is 0 Å². The molecule has 0 atom stereocenters. The van der Waals surface area contributed by atoms with Crippen molar-refractivity contribution in [3.05, 3.63) is 71.8 Å². The van der Waals surface area contributed by atoms with Crippen molar-refractivity contribution in [3.63, 3.8) is 0 Å². The summed E-state index contributed by atoms with van der Waals surface area (Å²) >= 11 is 0. The van der Waals surface area contributed by atoms with Gasteiger partial charge in [-0.1, -0.05) is 60.7 Å². The smallest absolute Gasteiger partial charge is 0.264 e. The molecule has 2 aromatic rings. The summed E-state index contributed by atoms with van der Waals surface area (Å²) in [6, 6.07) is 20.0. The van der Waals surface area contributed by atoms with Crippen LogP contribution in [-0.4, -0.2) is 18.7 Å². The van der Waals surface area contributed by atoms with E-state index >= 15 is 0 Å². The van der Waals surface area contributed by atoms with Crippen LogP contribution >= 0.6 is 0 Å². The molecule has 0 fully saturated rings. The highest BCUT2D eigenvalue weighted by atomic mass is 32.2. The van der Waals surface area contributed by atoms with E-state index in [0.717, 1.165) is 11.1 Å². The molecule has 20 heavy (non-hydrogen) atoms. The summed E-state index contributed by atoms with van der Waals surface area (Å²) in [5.41, 5.74) is 2.32. The molecule has 106 valence electrons. The maximum absolute atomic E-state index is 10.8. The molecule has 3 nitrogen and oxygen atoms in total. The summed E-state index contributed by atoms with van der Waals surface area (Å²) in [6.07, 6.45) is 1.13. The molecule has 0 heterocycles. The minimum atomic E-state index is -3.88.